The summed E-state index contributed by atoms with van der Waals surface area (Å²) >= 11 is 0. The fourth-order valence-corrected chi connectivity index (χ4v) is 3.53. The zero-order chi connectivity index (χ0) is 18.5. The van der Waals surface area contributed by atoms with Crippen molar-refractivity contribution in [1.82, 2.24) is 9.80 Å². The summed E-state index contributed by atoms with van der Waals surface area (Å²) < 4.78 is 0. The monoisotopic (exact) mass is 358 g/mol. The van der Waals surface area contributed by atoms with Crippen LogP contribution in [0.25, 0.3) is 0 Å². The highest BCUT2D eigenvalue weighted by molar-refractivity contribution is 6.03. The quantitative estimate of drug-likeness (QED) is 0.837. The predicted octanol–water partition coefficient (Wildman–Crippen LogP) is 2.03. The fourth-order valence-electron chi connectivity index (χ4n) is 3.53. The Hall–Kier alpha value is -2.08. The van der Waals surface area contributed by atoms with Gasteiger partial charge in [0.1, 0.15) is 6.42 Å². The lowest BCUT2D eigenvalue weighted by Crippen LogP contribution is -2.47. The van der Waals surface area contributed by atoms with E-state index in [1.54, 1.807) is 4.90 Å². The maximum absolute atomic E-state index is 12.2. The van der Waals surface area contributed by atoms with Gasteiger partial charge in [0.2, 0.25) is 11.8 Å². The van der Waals surface area contributed by atoms with Crippen LogP contribution in [-0.4, -0.2) is 67.9 Å². The third-order valence-corrected chi connectivity index (χ3v) is 5.47. The van der Waals surface area contributed by atoms with Crippen LogP contribution in [0, 0.1) is 5.92 Å². The number of hydrogen-bond acceptors (Lipinski definition) is 4. The fraction of sp³-hybridized carbons (Fsp3) is 0.600. The summed E-state index contributed by atoms with van der Waals surface area (Å²) in [6.45, 7) is 7.62. The molecule has 0 unspecified atom stereocenters. The second-order valence-corrected chi connectivity index (χ2v) is 7.63. The van der Waals surface area contributed by atoms with Crippen molar-refractivity contribution in [3.63, 3.8) is 0 Å². The van der Waals surface area contributed by atoms with Crippen LogP contribution < -0.4 is 10.2 Å². The lowest BCUT2D eigenvalue weighted by molar-refractivity contribution is -0.135. The van der Waals surface area contributed by atoms with Gasteiger partial charge in [-0.1, -0.05) is 6.92 Å². The summed E-state index contributed by atoms with van der Waals surface area (Å²) in [5, 5.41) is 2.84. The third kappa shape index (κ3) is 4.97. The van der Waals surface area contributed by atoms with Gasteiger partial charge in [-0.25, -0.2) is 0 Å². The van der Waals surface area contributed by atoms with Gasteiger partial charge in [-0.15, -0.1) is 0 Å². The number of carbonyl (C=O) groups is 2. The number of carbonyl (C=O) groups excluding carboxylic acids is 2. The van der Waals surface area contributed by atoms with E-state index in [1.165, 1.54) is 18.5 Å². The Balaban J connectivity index is 1.47. The van der Waals surface area contributed by atoms with E-state index in [0.29, 0.717) is 13.1 Å². The lowest BCUT2D eigenvalue weighted by Gasteiger charge is -2.32. The van der Waals surface area contributed by atoms with E-state index in [9.17, 15) is 9.59 Å². The average molecular weight is 358 g/mol. The van der Waals surface area contributed by atoms with Gasteiger partial charge in [0.05, 0.1) is 0 Å². The Morgan fingerprint density at radius 3 is 2.23 bits per heavy atom. The molecule has 1 N–H and O–H groups in total. The van der Waals surface area contributed by atoms with E-state index in [1.807, 2.05) is 31.3 Å². The maximum atomic E-state index is 12.2. The van der Waals surface area contributed by atoms with Crippen LogP contribution >= 0.6 is 0 Å². The van der Waals surface area contributed by atoms with E-state index in [2.05, 4.69) is 22.0 Å². The molecule has 2 aliphatic heterocycles. The number of amides is 2. The first-order valence-electron chi connectivity index (χ1n) is 9.62. The molecule has 2 amide bonds. The minimum atomic E-state index is -0.242. The Bertz CT molecular complexity index is 615. The highest BCUT2D eigenvalue weighted by Gasteiger charge is 2.21. The molecule has 0 radical (unpaired) electrons. The van der Waals surface area contributed by atoms with Crippen molar-refractivity contribution in [2.24, 2.45) is 5.92 Å². The molecule has 26 heavy (non-hydrogen) atoms. The van der Waals surface area contributed by atoms with Crippen molar-refractivity contribution in [2.75, 3.05) is 56.5 Å². The number of piperazine rings is 1. The normalized spacial score (nSPS) is 19.5. The molecule has 6 nitrogen and oxygen atoms in total. The van der Waals surface area contributed by atoms with Crippen LogP contribution in [0.3, 0.4) is 0 Å². The number of hydrogen-bond donors (Lipinski definition) is 1. The number of likely N-dealkylation sites (N-methyl/N-ethyl adjacent to an activating group) is 1. The Labute approximate surface area is 156 Å². The van der Waals surface area contributed by atoms with Gasteiger partial charge in [-0.3, -0.25) is 9.59 Å². The molecular weight excluding hydrogens is 328 g/mol. The van der Waals surface area contributed by atoms with Crippen molar-refractivity contribution in [3.05, 3.63) is 24.3 Å². The van der Waals surface area contributed by atoms with Crippen molar-refractivity contribution >= 4 is 23.2 Å². The molecule has 2 aliphatic rings. The molecule has 2 fully saturated rings. The number of piperidine rings is 1. The van der Waals surface area contributed by atoms with E-state index in [0.717, 1.165) is 37.8 Å². The number of nitrogens with one attached hydrogen (secondary N) is 1. The zero-order valence-corrected chi connectivity index (χ0v) is 15.9. The van der Waals surface area contributed by atoms with E-state index < -0.39 is 0 Å². The predicted molar refractivity (Wildman–Crippen MR) is 104 cm³/mol. The van der Waals surface area contributed by atoms with E-state index >= 15 is 0 Å². The molecular formula is C20H30N4O2. The van der Waals surface area contributed by atoms with Gasteiger partial charge in [0.15, 0.2) is 0 Å². The molecule has 3 rings (SSSR count). The van der Waals surface area contributed by atoms with Gasteiger partial charge in [0.25, 0.3) is 0 Å². The molecule has 0 atom stereocenters. The Morgan fingerprint density at radius 1 is 1.00 bits per heavy atom. The molecule has 1 aromatic rings. The molecule has 1 aromatic carbocycles. The van der Waals surface area contributed by atoms with E-state index in [4.69, 9.17) is 0 Å². The maximum Gasteiger partial charge on any atom is 0.233 e. The number of benzene rings is 1. The first-order valence-corrected chi connectivity index (χ1v) is 9.62. The van der Waals surface area contributed by atoms with Crippen LogP contribution in [-0.2, 0) is 9.59 Å². The first kappa shape index (κ1) is 18.7. The smallest absolute Gasteiger partial charge is 0.233 e. The van der Waals surface area contributed by atoms with Crippen molar-refractivity contribution in [1.29, 1.82) is 0 Å². The van der Waals surface area contributed by atoms with Crippen LogP contribution in [0.15, 0.2) is 24.3 Å². The van der Waals surface area contributed by atoms with Crippen molar-refractivity contribution < 1.29 is 9.59 Å². The first-order chi connectivity index (χ1) is 12.5. The summed E-state index contributed by atoms with van der Waals surface area (Å²) in [4.78, 5) is 30.8. The molecule has 0 spiro atoms. The summed E-state index contributed by atoms with van der Waals surface area (Å²) in [7, 11) is 2.04. The largest absolute Gasteiger partial charge is 0.372 e. The summed E-state index contributed by atoms with van der Waals surface area (Å²) in [6.07, 6.45) is 2.37. The number of rotatable bonds is 4. The summed E-state index contributed by atoms with van der Waals surface area (Å²) in [6, 6.07) is 7.94. The highest BCUT2D eigenvalue weighted by atomic mass is 16.2. The van der Waals surface area contributed by atoms with Crippen molar-refractivity contribution in [2.45, 2.75) is 26.2 Å². The van der Waals surface area contributed by atoms with Gasteiger partial charge < -0.3 is 20.0 Å². The standard InChI is InChI=1S/C20H30N4O2/c1-16-7-9-23(10-8-16)18-5-3-17(4-6-18)21-19(25)15-20(26)24-13-11-22(2)12-14-24/h3-6,16H,7-15H2,1-2H3,(H,21,25). The lowest BCUT2D eigenvalue weighted by atomic mass is 9.99. The minimum Gasteiger partial charge on any atom is -0.372 e. The topological polar surface area (TPSA) is 55.9 Å². The molecule has 0 aliphatic carbocycles. The molecule has 2 heterocycles. The Kier molecular flexibility index (Phi) is 6.14. The number of nitrogens with zero attached hydrogens (tertiary/aromatic N) is 3. The summed E-state index contributed by atoms with van der Waals surface area (Å²) in [5.74, 6) is 0.478. The van der Waals surface area contributed by atoms with Crippen LogP contribution in [0.1, 0.15) is 26.2 Å². The second-order valence-electron chi connectivity index (χ2n) is 7.63. The average Bonchev–Trinajstić information content (AvgIpc) is 2.63. The summed E-state index contributed by atoms with van der Waals surface area (Å²) in [5.41, 5.74) is 1.94. The van der Waals surface area contributed by atoms with Gasteiger partial charge in [-0.05, 0) is 50.1 Å². The van der Waals surface area contributed by atoms with Crippen molar-refractivity contribution in [3.8, 4) is 0 Å². The van der Waals surface area contributed by atoms with Crippen LogP contribution in [0.5, 0.6) is 0 Å². The molecule has 0 bridgehead atoms. The molecule has 6 heteroatoms. The molecule has 2 saturated heterocycles. The number of anilines is 2. The molecule has 0 saturated carbocycles. The van der Waals surface area contributed by atoms with Crippen LogP contribution in [0.4, 0.5) is 11.4 Å². The SMILES string of the molecule is CC1CCN(c2ccc(NC(=O)CC(=O)N3CCN(C)CC3)cc2)CC1. The van der Waals surface area contributed by atoms with Gasteiger partial charge in [0, 0.05) is 50.6 Å². The third-order valence-electron chi connectivity index (χ3n) is 5.47. The second kappa shape index (κ2) is 8.54. The Morgan fingerprint density at radius 2 is 1.62 bits per heavy atom. The minimum absolute atomic E-state index is 0.0878. The van der Waals surface area contributed by atoms with E-state index in [-0.39, 0.29) is 18.2 Å². The highest BCUT2D eigenvalue weighted by Crippen LogP contribution is 2.24. The molecule has 0 aromatic heterocycles. The zero-order valence-electron chi connectivity index (χ0n) is 15.9. The van der Waals surface area contributed by atoms with Gasteiger partial charge >= 0.3 is 0 Å². The van der Waals surface area contributed by atoms with Crippen LogP contribution in [0.2, 0.25) is 0 Å². The molecule has 142 valence electrons. The van der Waals surface area contributed by atoms with Gasteiger partial charge in [-0.2, -0.15) is 0 Å².